The maximum atomic E-state index is 13.1. The van der Waals surface area contributed by atoms with Gasteiger partial charge < -0.3 is 9.84 Å². The molecule has 162 valence electrons. The predicted octanol–water partition coefficient (Wildman–Crippen LogP) is 3.57. The van der Waals surface area contributed by atoms with Crippen molar-refractivity contribution in [1.29, 1.82) is 0 Å². The molecule has 0 heterocycles. The van der Waals surface area contributed by atoms with Crippen LogP contribution in [-0.2, 0) is 19.1 Å². The van der Waals surface area contributed by atoms with Crippen LogP contribution in [0.2, 0.25) is 0 Å². The monoisotopic (exact) mass is 412 g/mol. The second-order valence-electron chi connectivity index (χ2n) is 10.3. The van der Waals surface area contributed by atoms with E-state index in [0.29, 0.717) is 6.42 Å². The smallest absolute Gasteiger partial charge is 0.303 e. The third kappa shape index (κ3) is 2.67. The number of hydrogen-bond acceptors (Lipinski definition) is 5. The van der Waals surface area contributed by atoms with Gasteiger partial charge in [0, 0.05) is 17.8 Å². The molecule has 2 fully saturated rings. The van der Waals surface area contributed by atoms with E-state index in [2.05, 4.69) is 19.9 Å². The summed E-state index contributed by atoms with van der Waals surface area (Å²) in [4.78, 5) is 36.3. The maximum Gasteiger partial charge on any atom is 0.303 e. The van der Waals surface area contributed by atoms with E-state index in [9.17, 15) is 19.5 Å². The number of carbonyl (C=O) groups is 3. The van der Waals surface area contributed by atoms with E-state index in [4.69, 9.17) is 4.74 Å². The number of carbonyl (C=O) groups excluding carboxylic acids is 3. The number of ketones is 2. The van der Waals surface area contributed by atoms with Crippen molar-refractivity contribution in [3.63, 3.8) is 0 Å². The highest BCUT2D eigenvalue weighted by Crippen LogP contribution is 2.67. The molecular formula is C25H32O5. The molecule has 30 heavy (non-hydrogen) atoms. The topological polar surface area (TPSA) is 80.7 Å². The SMILES string of the molecule is CC(=O)OCC(=O)C1(O)C(C)CC2C3CC(C)C4=CC(=O)C=CC4(C)C3=CCC21C. The fraction of sp³-hybridized carbons (Fsp3) is 0.640. The lowest BCUT2D eigenvalue weighted by Crippen LogP contribution is -2.58. The highest BCUT2D eigenvalue weighted by Gasteiger charge is 2.67. The molecule has 5 heteroatoms. The van der Waals surface area contributed by atoms with Gasteiger partial charge in [0.25, 0.3) is 0 Å². The standard InChI is InChI=1S/C25H32O5/c1-14-10-18-19(23(4)8-6-17(27)12-20(14)23)7-9-24(5)21(18)11-15(2)25(24,29)22(28)13-30-16(3)26/h6-8,12,14-15,18,21,29H,9-11,13H2,1-5H3. The quantitative estimate of drug-likeness (QED) is 0.566. The first-order valence-corrected chi connectivity index (χ1v) is 11.0. The summed E-state index contributed by atoms with van der Waals surface area (Å²) in [6.45, 7) is 9.22. The van der Waals surface area contributed by atoms with Gasteiger partial charge in [-0.05, 0) is 67.6 Å². The molecule has 0 bridgehead atoms. The van der Waals surface area contributed by atoms with Crippen LogP contribution in [0.1, 0.15) is 53.9 Å². The van der Waals surface area contributed by atoms with Gasteiger partial charge in [-0.15, -0.1) is 0 Å². The lowest BCUT2D eigenvalue weighted by molar-refractivity contribution is -0.167. The van der Waals surface area contributed by atoms with Gasteiger partial charge in [-0.2, -0.15) is 0 Å². The van der Waals surface area contributed by atoms with Crippen molar-refractivity contribution >= 4 is 17.5 Å². The Morgan fingerprint density at radius 2 is 1.90 bits per heavy atom. The first-order chi connectivity index (χ1) is 13.9. The van der Waals surface area contributed by atoms with Crippen LogP contribution in [0.3, 0.4) is 0 Å². The van der Waals surface area contributed by atoms with E-state index in [1.807, 2.05) is 19.9 Å². The largest absolute Gasteiger partial charge is 0.458 e. The molecule has 2 saturated carbocycles. The molecule has 0 radical (unpaired) electrons. The molecule has 5 nitrogen and oxygen atoms in total. The highest BCUT2D eigenvalue weighted by molar-refractivity contribution is 6.01. The number of rotatable bonds is 3. The third-order valence-corrected chi connectivity index (χ3v) is 8.69. The van der Waals surface area contributed by atoms with Crippen LogP contribution in [0.5, 0.6) is 0 Å². The molecule has 4 aliphatic carbocycles. The Bertz CT molecular complexity index is 910. The Morgan fingerprint density at radius 3 is 2.57 bits per heavy atom. The number of esters is 1. The summed E-state index contributed by atoms with van der Waals surface area (Å²) >= 11 is 0. The van der Waals surface area contributed by atoms with Crippen molar-refractivity contribution in [2.75, 3.05) is 6.61 Å². The molecule has 7 atom stereocenters. The summed E-state index contributed by atoms with van der Waals surface area (Å²) < 4.78 is 4.96. The number of aliphatic hydroxyl groups is 1. The lowest BCUT2D eigenvalue weighted by Gasteiger charge is -2.55. The Balaban J connectivity index is 1.74. The second-order valence-corrected chi connectivity index (χ2v) is 10.3. The Morgan fingerprint density at radius 1 is 1.20 bits per heavy atom. The minimum Gasteiger partial charge on any atom is -0.458 e. The minimum atomic E-state index is -1.52. The normalized spacial score (nSPS) is 44.4. The van der Waals surface area contributed by atoms with E-state index >= 15 is 0 Å². The van der Waals surface area contributed by atoms with Crippen LogP contribution in [0.4, 0.5) is 0 Å². The molecular weight excluding hydrogens is 380 g/mol. The summed E-state index contributed by atoms with van der Waals surface area (Å²) in [5.41, 5.74) is 0.0932. The van der Waals surface area contributed by atoms with Gasteiger partial charge in [-0.25, -0.2) is 0 Å². The summed E-state index contributed by atoms with van der Waals surface area (Å²) in [7, 11) is 0. The van der Waals surface area contributed by atoms with Crippen molar-refractivity contribution in [3.8, 4) is 0 Å². The first-order valence-electron chi connectivity index (χ1n) is 11.0. The average Bonchev–Trinajstić information content (AvgIpc) is 2.89. The average molecular weight is 413 g/mol. The zero-order valence-electron chi connectivity index (χ0n) is 18.5. The van der Waals surface area contributed by atoms with Crippen LogP contribution in [0, 0.1) is 34.5 Å². The van der Waals surface area contributed by atoms with E-state index in [1.165, 1.54) is 18.1 Å². The zero-order chi connectivity index (χ0) is 22.1. The second kappa shape index (κ2) is 6.74. The van der Waals surface area contributed by atoms with Crippen LogP contribution in [0.15, 0.2) is 35.5 Å². The molecule has 1 N–H and O–H groups in total. The fourth-order valence-corrected chi connectivity index (χ4v) is 7.14. The Kier molecular flexibility index (Phi) is 4.77. The zero-order valence-corrected chi connectivity index (χ0v) is 18.5. The molecule has 0 aromatic heterocycles. The maximum absolute atomic E-state index is 13.1. The van der Waals surface area contributed by atoms with Gasteiger partial charge in [0.05, 0.1) is 0 Å². The molecule has 0 amide bonds. The van der Waals surface area contributed by atoms with Crippen molar-refractivity contribution in [2.24, 2.45) is 34.5 Å². The number of allylic oxidation sites excluding steroid dienone is 6. The van der Waals surface area contributed by atoms with Crippen molar-refractivity contribution < 1.29 is 24.2 Å². The Labute approximate surface area is 178 Å². The molecule has 0 aliphatic heterocycles. The van der Waals surface area contributed by atoms with Gasteiger partial charge in [-0.1, -0.05) is 38.5 Å². The van der Waals surface area contributed by atoms with Gasteiger partial charge in [0.1, 0.15) is 5.60 Å². The molecule has 7 unspecified atom stereocenters. The van der Waals surface area contributed by atoms with E-state index in [1.54, 1.807) is 12.2 Å². The predicted molar refractivity (Wildman–Crippen MR) is 112 cm³/mol. The van der Waals surface area contributed by atoms with Crippen LogP contribution in [-0.4, -0.2) is 34.9 Å². The number of ether oxygens (including phenoxy) is 1. The summed E-state index contributed by atoms with van der Waals surface area (Å²) in [6.07, 6.45) is 9.98. The van der Waals surface area contributed by atoms with Crippen LogP contribution >= 0.6 is 0 Å². The number of fused-ring (bicyclic) bond motifs is 5. The fourth-order valence-electron chi connectivity index (χ4n) is 7.14. The van der Waals surface area contributed by atoms with E-state index < -0.39 is 22.8 Å². The molecule has 0 aromatic carbocycles. The first kappa shape index (κ1) is 21.2. The number of Topliss-reactive ketones (excluding diaryl/α,β-unsaturated/α-hetero) is 1. The van der Waals surface area contributed by atoms with Gasteiger partial charge in [0.15, 0.2) is 12.4 Å². The summed E-state index contributed by atoms with van der Waals surface area (Å²) in [5, 5.41) is 11.7. The third-order valence-electron chi connectivity index (χ3n) is 8.69. The van der Waals surface area contributed by atoms with Crippen LogP contribution in [0.25, 0.3) is 0 Å². The van der Waals surface area contributed by atoms with E-state index in [-0.39, 0.29) is 41.5 Å². The molecule has 4 aliphatic rings. The minimum absolute atomic E-state index is 0.0500. The van der Waals surface area contributed by atoms with Crippen molar-refractivity contribution in [3.05, 3.63) is 35.5 Å². The highest BCUT2D eigenvalue weighted by atomic mass is 16.5. The van der Waals surface area contributed by atoms with E-state index in [0.717, 1.165) is 12.8 Å². The van der Waals surface area contributed by atoms with Gasteiger partial charge in [-0.3, -0.25) is 14.4 Å². The molecule has 0 saturated heterocycles. The van der Waals surface area contributed by atoms with Crippen molar-refractivity contribution in [2.45, 2.75) is 59.5 Å². The number of hydrogen-bond donors (Lipinski definition) is 1. The summed E-state index contributed by atoms with van der Waals surface area (Å²) in [6, 6.07) is 0. The Hall–Kier alpha value is -2.01. The summed E-state index contributed by atoms with van der Waals surface area (Å²) in [5.74, 6) is -0.416. The molecule has 0 aromatic rings. The lowest BCUT2D eigenvalue weighted by atomic mass is 9.49. The molecule has 4 rings (SSSR count). The van der Waals surface area contributed by atoms with Crippen LogP contribution < -0.4 is 0 Å². The van der Waals surface area contributed by atoms with Gasteiger partial charge in [0.2, 0.25) is 5.78 Å². The molecule has 0 spiro atoms. The van der Waals surface area contributed by atoms with Gasteiger partial charge >= 0.3 is 5.97 Å². The van der Waals surface area contributed by atoms with Crippen molar-refractivity contribution in [1.82, 2.24) is 0 Å².